The normalized spacial score (nSPS) is 10.4. The zero-order valence-electron chi connectivity index (χ0n) is 8.98. The summed E-state index contributed by atoms with van der Waals surface area (Å²) in [7, 11) is 0. The Morgan fingerprint density at radius 2 is 2.19 bits per heavy atom. The number of carbonyl (C=O) groups excluding carboxylic acids is 1. The zero-order chi connectivity index (χ0) is 11.5. The smallest absolute Gasteiger partial charge is 0.151 e. The molecule has 0 N–H and O–H groups in total. The summed E-state index contributed by atoms with van der Waals surface area (Å²) in [6.07, 6.45) is 4.43. The van der Waals surface area contributed by atoms with Gasteiger partial charge in [-0.1, -0.05) is 6.07 Å². The highest BCUT2D eigenvalue weighted by molar-refractivity contribution is 5.74. The molecule has 0 aliphatic carbocycles. The molecule has 1 heterocycles. The third-order valence-corrected chi connectivity index (χ3v) is 2.57. The van der Waals surface area contributed by atoms with Crippen LogP contribution in [-0.4, -0.2) is 10.9 Å². The number of carbonyl (C=O) groups is 1. The maximum Gasteiger partial charge on any atom is 0.151 e. The van der Waals surface area contributed by atoms with E-state index in [0.717, 1.165) is 17.4 Å². The van der Waals surface area contributed by atoms with Crippen molar-refractivity contribution in [2.45, 2.75) is 13.5 Å². The fourth-order valence-electron chi connectivity index (χ4n) is 1.66. The van der Waals surface area contributed by atoms with Crippen LogP contribution in [0.3, 0.4) is 0 Å². The van der Waals surface area contributed by atoms with Gasteiger partial charge in [0.05, 0.1) is 0 Å². The largest absolute Gasteiger partial charge is 0.349 e. The van der Waals surface area contributed by atoms with E-state index in [9.17, 15) is 9.18 Å². The van der Waals surface area contributed by atoms with Gasteiger partial charge >= 0.3 is 0 Å². The molecule has 0 bridgehead atoms. The van der Waals surface area contributed by atoms with Crippen molar-refractivity contribution in [2.24, 2.45) is 0 Å². The predicted octanol–water partition coefficient (Wildman–Crippen LogP) is 2.80. The van der Waals surface area contributed by atoms with Crippen molar-refractivity contribution in [3.63, 3.8) is 0 Å². The molecule has 0 radical (unpaired) electrons. The van der Waals surface area contributed by atoms with Crippen molar-refractivity contribution in [1.29, 1.82) is 0 Å². The van der Waals surface area contributed by atoms with Crippen LogP contribution in [0.5, 0.6) is 0 Å². The number of aldehydes is 1. The molecule has 0 aliphatic heterocycles. The van der Waals surface area contributed by atoms with E-state index >= 15 is 0 Å². The highest BCUT2D eigenvalue weighted by Gasteiger charge is 2.01. The van der Waals surface area contributed by atoms with E-state index < -0.39 is 0 Å². The first-order valence-electron chi connectivity index (χ1n) is 5.05. The second-order valence-corrected chi connectivity index (χ2v) is 3.81. The lowest BCUT2D eigenvalue weighted by molar-refractivity contribution is 0.112. The van der Waals surface area contributed by atoms with Gasteiger partial charge in [0.2, 0.25) is 0 Å². The van der Waals surface area contributed by atoms with Gasteiger partial charge in [0, 0.05) is 24.5 Å². The monoisotopic (exact) mass is 217 g/mol. The maximum atomic E-state index is 12.9. The van der Waals surface area contributed by atoms with Gasteiger partial charge < -0.3 is 4.57 Å². The summed E-state index contributed by atoms with van der Waals surface area (Å²) >= 11 is 0. The van der Waals surface area contributed by atoms with E-state index in [1.165, 1.54) is 12.1 Å². The summed E-state index contributed by atoms with van der Waals surface area (Å²) in [5.74, 6) is -0.220. The Kier molecular flexibility index (Phi) is 2.86. The van der Waals surface area contributed by atoms with Crippen LogP contribution in [0.1, 0.15) is 21.5 Å². The molecule has 0 aliphatic rings. The molecule has 0 fully saturated rings. The molecule has 0 spiro atoms. The summed E-state index contributed by atoms with van der Waals surface area (Å²) in [5, 5.41) is 0. The van der Waals surface area contributed by atoms with E-state index in [2.05, 4.69) is 0 Å². The number of hydrogen-bond acceptors (Lipinski definition) is 1. The highest BCUT2D eigenvalue weighted by Crippen LogP contribution is 2.12. The van der Waals surface area contributed by atoms with Crippen molar-refractivity contribution in [1.82, 2.24) is 4.57 Å². The van der Waals surface area contributed by atoms with Crippen molar-refractivity contribution in [2.75, 3.05) is 0 Å². The quantitative estimate of drug-likeness (QED) is 0.724. The minimum Gasteiger partial charge on any atom is -0.349 e. The number of nitrogens with zero attached hydrogens (tertiary/aromatic N) is 1. The lowest BCUT2D eigenvalue weighted by Crippen LogP contribution is -1.99. The zero-order valence-corrected chi connectivity index (χ0v) is 8.98. The van der Waals surface area contributed by atoms with Gasteiger partial charge in [-0.05, 0) is 36.2 Å². The Hall–Kier alpha value is -1.90. The Morgan fingerprint density at radius 1 is 1.38 bits per heavy atom. The second kappa shape index (κ2) is 4.31. The second-order valence-electron chi connectivity index (χ2n) is 3.81. The first kappa shape index (κ1) is 10.6. The number of rotatable bonds is 3. The SMILES string of the molecule is Cc1cc(F)ccc1Cn1ccc(C=O)c1. The van der Waals surface area contributed by atoms with Crippen LogP contribution in [0.2, 0.25) is 0 Å². The van der Waals surface area contributed by atoms with E-state index in [-0.39, 0.29) is 5.82 Å². The summed E-state index contributed by atoms with van der Waals surface area (Å²) < 4.78 is 14.8. The summed E-state index contributed by atoms with van der Waals surface area (Å²) in [4.78, 5) is 10.5. The summed E-state index contributed by atoms with van der Waals surface area (Å²) in [6, 6.07) is 6.49. The minimum atomic E-state index is -0.220. The van der Waals surface area contributed by atoms with Crippen LogP contribution in [0, 0.1) is 12.7 Å². The first-order chi connectivity index (χ1) is 7.69. The van der Waals surface area contributed by atoms with Crippen molar-refractivity contribution < 1.29 is 9.18 Å². The molecule has 16 heavy (non-hydrogen) atoms. The molecule has 0 amide bonds. The average Bonchev–Trinajstić information content (AvgIpc) is 2.70. The molecule has 82 valence electrons. The van der Waals surface area contributed by atoms with Crippen molar-refractivity contribution in [3.05, 3.63) is 59.2 Å². The lowest BCUT2D eigenvalue weighted by Gasteiger charge is -2.06. The van der Waals surface area contributed by atoms with Crippen LogP contribution >= 0.6 is 0 Å². The summed E-state index contributed by atoms with van der Waals surface area (Å²) in [5.41, 5.74) is 2.62. The minimum absolute atomic E-state index is 0.220. The standard InChI is InChI=1S/C13H12FNO/c1-10-6-13(14)3-2-12(10)8-15-5-4-11(7-15)9-16/h2-7,9H,8H2,1H3. The Labute approximate surface area is 93.3 Å². The van der Waals surface area contributed by atoms with E-state index in [4.69, 9.17) is 0 Å². The predicted molar refractivity (Wildman–Crippen MR) is 60.1 cm³/mol. The Bertz CT molecular complexity index is 516. The molecule has 1 aromatic heterocycles. The molecule has 0 atom stereocenters. The van der Waals surface area contributed by atoms with Crippen LogP contribution < -0.4 is 0 Å². The van der Waals surface area contributed by atoms with Gasteiger partial charge in [0.25, 0.3) is 0 Å². The fourth-order valence-corrected chi connectivity index (χ4v) is 1.66. The Balaban J connectivity index is 2.23. The van der Waals surface area contributed by atoms with Crippen molar-refractivity contribution >= 4 is 6.29 Å². The maximum absolute atomic E-state index is 12.9. The van der Waals surface area contributed by atoms with Crippen LogP contribution in [-0.2, 0) is 6.54 Å². The molecule has 1 aromatic carbocycles. The van der Waals surface area contributed by atoms with Gasteiger partial charge in [-0.15, -0.1) is 0 Å². The van der Waals surface area contributed by atoms with Gasteiger partial charge in [-0.25, -0.2) is 4.39 Å². The van der Waals surface area contributed by atoms with Gasteiger partial charge in [-0.2, -0.15) is 0 Å². The number of benzene rings is 1. The van der Waals surface area contributed by atoms with Crippen LogP contribution in [0.15, 0.2) is 36.7 Å². The number of hydrogen-bond donors (Lipinski definition) is 0. The van der Waals surface area contributed by atoms with E-state index in [1.54, 1.807) is 18.3 Å². The summed E-state index contributed by atoms with van der Waals surface area (Å²) in [6.45, 7) is 2.53. The number of aromatic nitrogens is 1. The third kappa shape index (κ3) is 2.19. The molecule has 2 aromatic rings. The topological polar surface area (TPSA) is 22.0 Å². The van der Waals surface area contributed by atoms with Crippen LogP contribution in [0.25, 0.3) is 0 Å². The first-order valence-corrected chi connectivity index (χ1v) is 5.05. The Morgan fingerprint density at radius 3 is 2.81 bits per heavy atom. The van der Waals surface area contributed by atoms with Gasteiger partial charge in [0.1, 0.15) is 5.82 Å². The fraction of sp³-hybridized carbons (Fsp3) is 0.154. The average molecular weight is 217 g/mol. The number of halogens is 1. The molecule has 0 unspecified atom stereocenters. The van der Waals surface area contributed by atoms with Gasteiger partial charge in [-0.3, -0.25) is 4.79 Å². The van der Waals surface area contributed by atoms with E-state index in [1.807, 2.05) is 17.7 Å². The van der Waals surface area contributed by atoms with Crippen molar-refractivity contribution in [3.8, 4) is 0 Å². The van der Waals surface area contributed by atoms with Gasteiger partial charge in [0.15, 0.2) is 6.29 Å². The lowest BCUT2D eigenvalue weighted by atomic mass is 10.1. The molecule has 2 rings (SSSR count). The molecule has 3 heteroatoms. The van der Waals surface area contributed by atoms with E-state index in [0.29, 0.717) is 12.1 Å². The molecular formula is C13H12FNO. The number of aryl methyl sites for hydroxylation is 1. The molecule has 2 nitrogen and oxygen atoms in total. The molecule has 0 saturated carbocycles. The molecular weight excluding hydrogens is 205 g/mol. The van der Waals surface area contributed by atoms with Crippen LogP contribution in [0.4, 0.5) is 4.39 Å². The molecule has 0 saturated heterocycles. The third-order valence-electron chi connectivity index (χ3n) is 2.57. The highest BCUT2D eigenvalue weighted by atomic mass is 19.1.